The first kappa shape index (κ1) is 14.0. The van der Waals surface area contributed by atoms with E-state index in [1.165, 1.54) is 23.4 Å². The van der Waals surface area contributed by atoms with Gasteiger partial charge in [-0.2, -0.15) is 0 Å². The van der Waals surface area contributed by atoms with Crippen LogP contribution in [0.25, 0.3) is 0 Å². The van der Waals surface area contributed by atoms with Crippen LogP contribution in [0.5, 0.6) is 5.75 Å². The van der Waals surface area contributed by atoms with E-state index in [4.69, 9.17) is 4.74 Å². The van der Waals surface area contributed by atoms with Crippen LogP contribution < -0.4 is 10.1 Å². The zero-order valence-corrected chi connectivity index (χ0v) is 12.1. The van der Waals surface area contributed by atoms with E-state index in [1.54, 1.807) is 6.20 Å². The molecule has 0 spiro atoms. The van der Waals surface area contributed by atoms with Crippen LogP contribution in [0, 0.1) is 5.82 Å². The highest BCUT2D eigenvalue weighted by Gasteiger charge is 2.12. The summed E-state index contributed by atoms with van der Waals surface area (Å²) in [6, 6.07) is 8.00. The highest BCUT2D eigenvalue weighted by Crippen LogP contribution is 2.26. The number of nitrogens with zero attached hydrogens (tertiary/aromatic N) is 1. The first-order valence-electron chi connectivity index (χ1n) is 7.31. The summed E-state index contributed by atoms with van der Waals surface area (Å²) in [5.74, 6) is 0.727. The third-order valence-electron chi connectivity index (χ3n) is 3.84. The summed E-state index contributed by atoms with van der Waals surface area (Å²) >= 11 is 0. The van der Waals surface area contributed by atoms with Gasteiger partial charge in [-0.25, -0.2) is 4.39 Å². The van der Waals surface area contributed by atoms with Gasteiger partial charge >= 0.3 is 0 Å². The Morgan fingerprint density at radius 2 is 2.24 bits per heavy atom. The summed E-state index contributed by atoms with van der Waals surface area (Å²) in [6.07, 6.45) is 4.87. The molecule has 0 bridgehead atoms. The Morgan fingerprint density at radius 1 is 1.33 bits per heavy atom. The maximum atomic E-state index is 13.1. The number of hydrogen-bond acceptors (Lipinski definition) is 3. The molecule has 2 aromatic rings. The number of ether oxygens (including phenoxy) is 1. The number of benzene rings is 1. The molecule has 2 heterocycles. The van der Waals surface area contributed by atoms with Gasteiger partial charge in [-0.05, 0) is 48.7 Å². The smallest absolute Gasteiger partial charge is 0.141 e. The van der Waals surface area contributed by atoms with Gasteiger partial charge in [0.25, 0.3) is 0 Å². The molecule has 3 nitrogen and oxygen atoms in total. The maximum Gasteiger partial charge on any atom is 0.141 e. The molecule has 0 aliphatic carbocycles. The normalized spacial score (nSPS) is 14.6. The highest BCUT2D eigenvalue weighted by atomic mass is 19.1. The number of halogens is 1. The topological polar surface area (TPSA) is 34.1 Å². The zero-order chi connectivity index (χ0) is 14.7. The second kappa shape index (κ2) is 6.22. The maximum absolute atomic E-state index is 13.1. The third-order valence-corrected chi connectivity index (χ3v) is 3.84. The van der Waals surface area contributed by atoms with Gasteiger partial charge in [0.2, 0.25) is 0 Å². The lowest BCUT2D eigenvalue weighted by Crippen LogP contribution is -2.21. The fourth-order valence-electron chi connectivity index (χ4n) is 2.61. The number of hydrogen-bond donors (Lipinski definition) is 1. The molecule has 0 saturated carbocycles. The van der Waals surface area contributed by atoms with E-state index >= 15 is 0 Å². The van der Waals surface area contributed by atoms with Crippen molar-refractivity contribution >= 4 is 0 Å². The van der Waals surface area contributed by atoms with Crippen LogP contribution in [0.2, 0.25) is 0 Å². The monoisotopic (exact) mass is 286 g/mol. The summed E-state index contributed by atoms with van der Waals surface area (Å²) in [4.78, 5) is 3.88. The van der Waals surface area contributed by atoms with Gasteiger partial charge in [-0.15, -0.1) is 0 Å². The molecule has 1 aliphatic heterocycles. The van der Waals surface area contributed by atoms with Gasteiger partial charge in [0.05, 0.1) is 12.8 Å². The Morgan fingerprint density at radius 3 is 3.10 bits per heavy atom. The number of pyridine rings is 1. The zero-order valence-electron chi connectivity index (χ0n) is 12.1. The molecule has 4 heteroatoms. The lowest BCUT2D eigenvalue weighted by molar-refractivity contribution is 0.357. The minimum Gasteiger partial charge on any atom is -0.493 e. The second-order valence-corrected chi connectivity index (χ2v) is 5.40. The van der Waals surface area contributed by atoms with Gasteiger partial charge in [0.1, 0.15) is 11.6 Å². The molecule has 0 fully saturated rings. The largest absolute Gasteiger partial charge is 0.493 e. The molecule has 0 unspecified atom stereocenters. The average Bonchev–Trinajstić information content (AvgIpc) is 2.94. The molecule has 0 saturated heterocycles. The quantitative estimate of drug-likeness (QED) is 0.917. The van der Waals surface area contributed by atoms with Crippen molar-refractivity contribution in [3.05, 3.63) is 59.2 Å². The van der Waals surface area contributed by atoms with Crippen molar-refractivity contribution in [2.45, 2.75) is 25.8 Å². The van der Waals surface area contributed by atoms with Crippen molar-refractivity contribution < 1.29 is 9.13 Å². The summed E-state index contributed by atoms with van der Waals surface area (Å²) in [5, 5.41) is 3.40. The predicted molar refractivity (Wildman–Crippen MR) is 80.0 cm³/mol. The van der Waals surface area contributed by atoms with E-state index < -0.39 is 0 Å². The Hall–Kier alpha value is -1.94. The lowest BCUT2D eigenvalue weighted by Gasteiger charge is -2.14. The molecule has 1 aromatic heterocycles. The number of fused-ring (bicyclic) bond motifs is 1. The van der Waals surface area contributed by atoms with Gasteiger partial charge in [-0.1, -0.05) is 12.1 Å². The standard InChI is InChI=1S/C17H19FN2O/c1-12(15-9-16(18)11-19-10-15)20-6-4-13-2-3-17-14(8-13)5-7-21-17/h2-3,8-12,20H,4-7H2,1H3/t12-/m1/s1. The van der Waals surface area contributed by atoms with Gasteiger partial charge in [-0.3, -0.25) is 4.98 Å². The van der Waals surface area contributed by atoms with Gasteiger partial charge in [0.15, 0.2) is 0 Å². The van der Waals surface area contributed by atoms with Crippen molar-refractivity contribution in [3.8, 4) is 5.75 Å². The molecule has 1 atom stereocenters. The van der Waals surface area contributed by atoms with E-state index in [-0.39, 0.29) is 11.9 Å². The Kier molecular flexibility index (Phi) is 4.15. The molecule has 21 heavy (non-hydrogen) atoms. The van der Waals surface area contributed by atoms with Gasteiger partial charge < -0.3 is 10.1 Å². The summed E-state index contributed by atoms with van der Waals surface area (Å²) in [5.41, 5.74) is 3.48. The summed E-state index contributed by atoms with van der Waals surface area (Å²) in [7, 11) is 0. The van der Waals surface area contributed by atoms with Crippen molar-refractivity contribution in [1.29, 1.82) is 0 Å². The number of rotatable bonds is 5. The molecule has 3 rings (SSSR count). The molecule has 1 aliphatic rings. The SMILES string of the molecule is C[C@@H](NCCc1ccc2c(c1)CCO2)c1cncc(F)c1. The fraction of sp³-hybridized carbons (Fsp3) is 0.353. The highest BCUT2D eigenvalue weighted by molar-refractivity contribution is 5.39. The van der Waals surface area contributed by atoms with E-state index in [0.29, 0.717) is 0 Å². The second-order valence-electron chi connectivity index (χ2n) is 5.40. The Balaban J connectivity index is 1.54. The van der Waals surface area contributed by atoms with Crippen molar-refractivity contribution in [2.24, 2.45) is 0 Å². The third kappa shape index (κ3) is 3.39. The fourth-order valence-corrected chi connectivity index (χ4v) is 2.61. The average molecular weight is 286 g/mol. The van der Waals surface area contributed by atoms with Crippen LogP contribution in [-0.2, 0) is 12.8 Å². The van der Waals surface area contributed by atoms with Gasteiger partial charge in [0, 0.05) is 18.7 Å². The van der Waals surface area contributed by atoms with Crippen LogP contribution in [0.1, 0.15) is 29.7 Å². The molecule has 110 valence electrons. The molecular weight excluding hydrogens is 267 g/mol. The Bertz CT molecular complexity index is 630. The van der Waals surface area contributed by atoms with E-state index in [9.17, 15) is 4.39 Å². The molecule has 0 radical (unpaired) electrons. The molecular formula is C17H19FN2O. The van der Waals surface area contributed by atoms with E-state index in [2.05, 4.69) is 28.5 Å². The predicted octanol–water partition coefficient (Wildman–Crippen LogP) is 3.05. The molecule has 1 N–H and O–H groups in total. The minimum atomic E-state index is -0.292. The first-order chi connectivity index (χ1) is 10.2. The van der Waals surface area contributed by atoms with Crippen LogP contribution >= 0.6 is 0 Å². The molecule has 1 aromatic carbocycles. The van der Waals surface area contributed by atoms with E-state index in [0.717, 1.165) is 37.3 Å². The molecule has 0 amide bonds. The van der Waals surface area contributed by atoms with Crippen LogP contribution in [0.4, 0.5) is 4.39 Å². The van der Waals surface area contributed by atoms with Crippen molar-refractivity contribution in [1.82, 2.24) is 10.3 Å². The van der Waals surface area contributed by atoms with Crippen LogP contribution in [0.15, 0.2) is 36.7 Å². The number of nitrogens with one attached hydrogen (secondary N) is 1. The Labute approximate surface area is 124 Å². The van der Waals surface area contributed by atoms with Crippen molar-refractivity contribution in [3.63, 3.8) is 0 Å². The number of aromatic nitrogens is 1. The van der Waals surface area contributed by atoms with E-state index in [1.807, 2.05) is 6.92 Å². The van der Waals surface area contributed by atoms with Crippen molar-refractivity contribution in [2.75, 3.05) is 13.2 Å². The summed E-state index contributed by atoms with van der Waals surface area (Å²) < 4.78 is 18.6. The van der Waals surface area contributed by atoms with Crippen LogP contribution in [-0.4, -0.2) is 18.1 Å². The minimum absolute atomic E-state index is 0.0889. The lowest BCUT2D eigenvalue weighted by atomic mass is 10.1. The summed E-state index contributed by atoms with van der Waals surface area (Å²) in [6.45, 7) is 3.66. The van der Waals surface area contributed by atoms with Crippen LogP contribution in [0.3, 0.4) is 0 Å². The first-order valence-corrected chi connectivity index (χ1v) is 7.31.